The van der Waals surface area contributed by atoms with Crippen LogP contribution in [0.2, 0.25) is 0 Å². The standard InChI is InChI=1S/C10H15N3/c1-13-7-3-6-12-10-8(11)4-2-5-9(10)13/h2,4-5,12H,3,6-7,11H2,1H3. The monoisotopic (exact) mass is 177 g/mol. The molecule has 13 heavy (non-hydrogen) atoms. The number of nitrogen functional groups attached to an aromatic ring is 1. The third kappa shape index (κ3) is 1.41. The maximum atomic E-state index is 5.88. The minimum atomic E-state index is 0.839. The first-order valence-electron chi connectivity index (χ1n) is 4.62. The van der Waals surface area contributed by atoms with Crippen molar-refractivity contribution in [2.75, 3.05) is 36.1 Å². The molecule has 2 rings (SSSR count). The average Bonchev–Trinajstić information content (AvgIpc) is 2.30. The summed E-state index contributed by atoms with van der Waals surface area (Å²) in [7, 11) is 2.10. The fourth-order valence-corrected chi connectivity index (χ4v) is 1.72. The quantitative estimate of drug-likeness (QED) is 0.590. The van der Waals surface area contributed by atoms with Crippen LogP contribution in [0, 0.1) is 0 Å². The molecule has 0 amide bonds. The Balaban J connectivity index is 2.47. The Labute approximate surface area is 78.5 Å². The van der Waals surface area contributed by atoms with Gasteiger partial charge in [-0.15, -0.1) is 0 Å². The van der Waals surface area contributed by atoms with Gasteiger partial charge in [0.05, 0.1) is 17.1 Å². The number of nitrogens with two attached hydrogens (primary N) is 1. The van der Waals surface area contributed by atoms with E-state index in [2.05, 4.69) is 23.3 Å². The molecule has 70 valence electrons. The molecule has 0 spiro atoms. The lowest BCUT2D eigenvalue weighted by atomic mass is 10.2. The summed E-state index contributed by atoms with van der Waals surface area (Å²) in [5.74, 6) is 0. The van der Waals surface area contributed by atoms with E-state index >= 15 is 0 Å². The van der Waals surface area contributed by atoms with Crippen LogP contribution in [0.1, 0.15) is 6.42 Å². The van der Waals surface area contributed by atoms with Crippen LogP contribution >= 0.6 is 0 Å². The Kier molecular flexibility index (Phi) is 2.00. The average molecular weight is 177 g/mol. The summed E-state index contributed by atoms with van der Waals surface area (Å²) in [5.41, 5.74) is 9.01. The number of hydrogen-bond donors (Lipinski definition) is 2. The third-order valence-electron chi connectivity index (χ3n) is 2.46. The molecule has 1 aromatic carbocycles. The lowest BCUT2D eigenvalue weighted by molar-refractivity contribution is 0.837. The molecule has 3 N–H and O–H groups in total. The number of fused-ring (bicyclic) bond motifs is 1. The predicted molar refractivity (Wildman–Crippen MR) is 57.2 cm³/mol. The highest BCUT2D eigenvalue weighted by Gasteiger charge is 2.12. The summed E-state index contributed by atoms with van der Waals surface area (Å²) >= 11 is 0. The summed E-state index contributed by atoms with van der Waals surface area (Å²) in [4.78, 5) is 2.24. The van der Waals surface area contributed by atoms with Crippen molar-refractivity contribution in [1.82, 2.24) is 0 Å². The molecule has 1 aliphatic heterocycles. The fourth-order valence-electron chi connectivity index (χ4n) is 1.72. The van der Waals surface area contributed by atoms with E-state index in [1.165, 1.54) is 5.69 Å². The highest BCUT2D eigenvalue weighted by Crippen LogP contribution is 2.32. The molecular formula is C10H15N3. The zero-order chi connectivity index (χ0) is 9.26. The lowest BCUT2D eigenvalue weighted by Gasteiger charge is -2.19. The van der Waals surface area contributed by atoms with E-state index in [1.807, 2.05) is 12.1 Å². The summed E-state index contributed by atoms with van der Waals surface area (Å²) < 4.78 is 0. The van der Waals surface area contributed by atoms with E-state index in [9.17, 15) is 0 Å². The van der Waals surface area contributed by atoms with Crippen molar-refractivity contribution in [1.29, 1.82) is 0 Å². The first-order valence-corrected chi connectivity index (χ1v) is 4.62. The first-order chi connectivity index (χ1) is 6.29. The van der Waals surface area contributed by atoms with E-state index < -0.39 is 0 Å². The largest absolute Gasteiger partial charge is 0.397 e. The van der Waals surface area contributed by atoms with E-state index in [-0.39, 0.29) is 0 Å². The summed E-state index contributed by atoms with van der Waals surface area (Å²) in [5, 5.41) is 3.36. The second-order valence-electron chi connectivity index (χ2n) is 3.44. The van der Waals surface area contributed by atoms with Crippen LogP contribution in [0.5, 0.6) is 0 Å². The molecule has 0 aliphatic carbocycles. The minimum Gasteiger partial charge on any atom is -0.397 e. The summed E-state index contributed by atoms with van der Waals surface area (Å²) in [6.45, 7) is 2.09. The molecular weight excluding hydrogens is 162 g/mol. The number of hydrogen-bond acceptors (Lipinski definition) is 3. The number of nitrogens with zero attached hydrogens (tertiary/aromatic N) is 1. The highest BCUT2D eigenvalue weighted by molar-refractivity contribution is 5.82. The number of para-hydroxylation sites is 1. The molecule has 0 radical (unpaired) electrons. The van der Waals surface area contributed by atoms with Gasteiger partial charge in [-0.05, 0) is 18.6 Å². The van der Waals surface area contributed by atoms with Crippen LogP contribution in [0.25, 0.3) is 0 Å². The van der Waals surface area contributed by atoms with Crippen molar-refractivity contribution in [3.05, 3.63) is 18.2 Å². The number of rotatable bonds is 0. The number of nitrogens with one attached hydrogen (secondary N) is 1. The molecule has 0 unspecified atom stereocenters. The molecule has 0 saturated carbocycles. The molecule has 0 bridgehead atoms. The smallest absolute Gasteiger partial charge is 0.0811 e. The van der Waals surface area contributed by atoms with Gasteiger partial charge in [-0.25, -0.2) is 0 Å². The Morgan fingerprint density at radius 3 is 3.15 bits per heavy atom. The Morgan fingerprint density at radius 1 is 1.46 bits per heavy atom. The van der Waals surface area contributed by atoms with Gasteiger partial charge in [-0.2, -0.15) is 0 Å². The van der Waals surface area contributed by atoms with Gasteiger partial charge in [0.25, 0.3) is 0 Å². The van der Waals surface area contributed by atoms with Crippen LogP contribution in [0.15, 0.2) is 18.2 Å². The molecule has 3 heteroatoms. The van der Waals surface area contributed by atoms with Crippen molar-refractivity contribution >= 4 is 17.1 Å². The van der Waals surface area contributed by atoms with Crippen molar-refractivity contribution in [2.45, 2.75) is 6.42 Å². The van der Waals surface area contributed by atoms with Gasteiger partial charge in [0.2, 0.25) is 0 Å². The van der Waals surface area contributed by atoms with Gasteiger partial charge in [0.15, 0.2) is 0 Å². The van der Waals surface area contributed by atoms with Crippen LogP contribution in [-0.4, -0.2) is 20.1 Å². The highest BCUT2D eigenvalue weighted by atomic mass is 15.1. The second-order valence-corrected chi connectivity index (χ2v) is 3.44. The Morgan fingerprint density at radius 2 is 2.31 bits per heavy atom. The summed E-state index contributed by atoms with van der Waals surface area (Å²) in [6.07, 6.45) is 1.16. The van der Waals surface area contributed by atoms with E-state index in [0.29, 0.717) is 0 Å². The molecule has 1 aromatic rings. The Bertz CT molecular complexity index is 309. The Hall–Kier alpha value is -1.38. The fraction of sp³-hybridized carbons (Fsp3) is 0.400. The second kappa shape index (κ2) is 3.17. The van der Waals surface area contributed by atoms with Gasteiger partial charge in [-0.3, -0.25) is 0 Å². The third-order valence-corrected chi connectivity index (χ3v) is 2.46. The minimum absolute atomic E-state index is 0.839. The molecule has 3 nitrogen and oxygen atoms in total. The molecule has 0 atom stereocenters. The van der Waals surface area contributed by atoms with E-state index in [1.54, 1.807) is 0 Å². The maximum Gasteiger partial charge on any atom is 0.0811 e. The molecule has 0 aromatic heterocycles. The number of benzene rings is 1. The lowest BCUT2D eigenvalue weighted by Crippen LogP contribution is -2.17. The van der Waals surface area contributed by atoms with Gasteiger partial charge in [0, 0.05) is 20.1 Å². The SMILES string of the molecule is CN1CCCNc2c(N)cccc21. The number of anilines is 3. The van der Waals surface area contributed by atoms with Crippen LogP contribution in [0.3, 0.4) is 0 Å². The topological polar surface area (TPSA) is 41.3 Å². The van der Waals surface area contributed by atoms with Gasteiger partial charge in [-0.1, -0.05) is 6.07 Å². The molecule has 0 saturated heterocycles. The van der Waals surface area contributed by atoms with Gasteiger partial charge >= 0.3 is 0 Å². The van der Waals surface area contributed by atoms with Crippen LogP contribution in [-0.2, 0) is 0 Å². The zero-order valence-corrected chi connectivity index (χ0v) is 7.88. The zero-order valence-electron chi connectivity index (χ0n) is 7.88. The normalized spacial score (nSPS) is 15.9. The molecule has 0 fully saturated rings. The van der Waals surface area contributed by atoms with Gasteiger partial charge < -0.3 is 16.0 Å². The van der Waals surface area contributed by atoms with Crippen molar-refractivity contribution in [2.24, 2.45) is 0 Å². The van der Waals surface area contributed by atoms with Crippen molar-refractivity contribution in [3.63, 3.8) is 0 Å². The van der Waals surface area contributed by atoms with Crippen molar-refractivity contribution in [3.8, 4) is 0 Å². The predicted octanol–water partition coefficient (Wildman–Crippen LogP) is 1.52. The molecule has 1 aliphatic rings. The maximum absolute atomic E-state index is 5.88. The molecule has 1 heterocycles. The van der Waals surface area contributed by atoms with Gasteiger partial charge in [0.1, 0.15) is 0 Å². The van der Waals surface area contributed by atoms with E-state index in [4.69, 9.17) is 5.73 Å². The first kappa shape index (κ1) is 8.23. The van der Waals surface area contributed by atoms with E-state index in [0.717, 1.165) is 30.9 Å². The van der Waals surface area contributed by atoms with Crippen LogP contribution < -0.4 is 16.0 Å². The van der Waals surface area contributed by atoms with Crippen molar-refractivity contribution < 1.29 is 0 Å². The van der Waals surface area contributed by atoms with Crippen LogP contribution in [0.4, 0.5) is 17.1 Å². The summed E-state index contributed by atoms with van der Waals surface area (Å²) in [6, 6.07) is 6.03.